The number of aromatic nitrogens is 3. The Morgan fingerprint density at radius 3 is 2.67 bits per heavy atom. The Labute approximate surface area is 113 Å². The number of halogens is 1. The van der Waals surface area contributed by atoms with Crippen molar-refractivity contribution in [2.75, 3.05) is 0 Å². The first-order valence-electron chi connectivity index (χ1n) is 5.53. The lowest BCUT2D eigenvalue weighted by Crippen LogP contribution is -2.27. The van der Waals surface area contributed by atoms with Gasteiger partial charge in [0.25, 0.3) is 0 Å². The monoisotopic (exact) mass is 311 g/mol. The molecule has 2 aromatic rings. The van der Waals surface area contributed by atoms with Gasteiger partial charge in [-0.25, -0.2) is 9.78 Å². The highest BCUT2D eigenvalue weighted by Gasteiger charge is 2.21. The average molecular weight is 312 g/mol. The molecule has 0 spiro atoms. The maximum absolute atomic E-state index is 12.0. The predicted octanol–water partition coefficient (Wildman–Crippen LogP) is 3.29. The lowest BCUT2D eigenvalue weighted by atomic mass is 10.2. The number of hydrogen-bond donors (Lipinski definition) is 0. The molecule has 5 nitrogen and oxygen atoms in total. The summed E-state index contributed by atoms with van der Waals surface area (Å²) in [6, 6.07) is 3.64. The van der Waals surface area contributed by atoms with Gasteiger partial charge >= 0.3 is 6.09 Å². The van der Waals surface area contributed by atoms with E-state index in [4.69, 9.17) is 4.74 Å². The molecular formula is C12H14BrN3O2. The van der Waals surface area contributed by atoms with E-state index < -0.39 is 11.7 Å². The van der Waals surface area contributed by atoms with Gasteiger partial charge in [0.2, 0.25) is 0 Å². The quantitative estimate of drug-likeness (QED) is 0.749. The summed E-state index contributed by atoms with van der Waals surface area (Å²) in [6.07, 6.45) is -0.510. The van der Waals surface area contributed by atoms with Gasteiger partial charge in [0.05, 0.1) is 0 Å². The van der Waals surface area contributed by atoms with Crippen LogP contribution in [-0.4, -0.2) is 26.5 Å². The van der Waals surface area contributed by atoms with Gasteiger partial charge < -0.3 is 4.74 Å². The summed E-state index contributed by atoms with van der Waals surface area (Å²) in [6.45, 7) is 7.33. The zero-order chi connectivity index (χ0) is 13.5. The Hall–Kier alpha value is -1.43. The number of aryl methyl sites for hydroxylation is 1. The Morgan fingerprint density at radius 2 is 2.06 bits per heavy atom. The molecule has 0 bridgehead atoms. The summed E-state index contributed by atoms with van der Waals surface area (Å²) in [5.41, 5.74) is 1.59. The highest BCUT2D eigenvalue weighted by Crippen LogP contribution is 2.22. The van der Waals surface area contributed by atoms with Crippen LogP contribution < -0.4 is 0 Å². The predicted molar refractivity (Wildman–Crippen MR) is 71.6 cm³/mol. The molecule has 0 radical (unpaired) electrons. The van der Waals surface area contributed by atoms with Crippen LogP contribution in [-0.2, 0) is 4.74 Å². The number of carbonyl (C=O) groups is 1. The lowest BCUT2D eigenvalue weighted by molar-refractivity contribution is 0.0522. The molecule has 96 valence electrons. The van der Waals surface area contributed by atoms with Crippen molar-refractivity contribution in [3.05, 3.63) is 22.4 Å². The minimum absolute atomic E-state index is 0.510. The van der Waals surface area contributed by atoms with Gasteiger partial charge in [0.1, 0.15) is 16.6 Å². The molecule has 0 aromatic carbocycles. The molecule has 0 aliphatic rings. The number of hydrogen-bond acceptors (Lipinski definition) is 4. The van der Waals surface area contributed by atoms with Crippen LogP contribution in [0.25, 0.3) is 11.0 Å². The Bertz CT molecular complexity index is 614. The average Bonchev–Trinajstić information content (AvgIpc) is 2.54. The minimum Gasteiger partial charge on any atom is -0.442 e. The topological polar surface area (TPSA) is 57.0 Å². The van der Waals surface area contributed by atoms with E-state index in [9.17, 15) is 4.79 Å². The Balaban J connectivity index is 2.49. The fourth-order valence-electron chi connectivity index (χ4n) is 1.51. The maximum atomic E-state index is 12.0. The SMILES string of the molecule is Cc1ccc2c(n1)c(Br)nn2C(=O)OC(C)(C)C. The van der Waals surface area contributed by atoms with Crippen LogP contribution in [0, 0.1) is 6.92 Å². The van der Waals surface area contributed by atoms with E-state index in [0.29, 0.717) is 15.6 Å². The molecule has 0 unspecified atom stereocenters. The second kappa shape index (κ2) is 4.35. The normalized spacial score (nSPS) is 11.8. The molecular weight excluding hydrogens is 298 g/mol. The van der Waals surface area contributed by atoms with Crippen LogP contribution in [0.3, 0.4) is 0 Å². The Morgan fingerprint density at radius 1 is 1.39 bits per heavy atom. The lowest BCUT2D eigenvalue weighted by Gasteiger charge is -2.19. The van der Waals surface area contributed by atoms with Gasteiger partial charge in [-0.2, -0.15) is 9.78 Å². The standard InChI is InChI=1S/C12H14BrN3O2/c1-7-5-6-8-9(14-7)10(13)15-16(8)11(17)18-12(2,3)4/h5-6H,1-4H3. The van der Waals surface area contributed by atoms with Crippen molar-refractivity contribution < 1.29 is 9.53 Å². The number of ether oxygens (including phenoxy) is 1. The van der Waals surface area contributed by atoms with Crippen LogP contribution in [0.15, 0.2) is 16.7 Å². The number of rotatable bonds is 0. The zero-order valence-corrected chi connectivity index (χ0v) is 12.3. The number of pyridine rings is 1. The second-order valence-corrected chi connectivity index (χ2v) is 5.75. The molecule has 6 heteroatoms. The van der Waals surface area contributed by atoms with Crippen molar-refractivity contribution in [1.29, 1.82) is 0 Å². The number of fused-ring (bicyclic) bond motifs is 1. The number of carbonyl (C=O) groups excluding carboxylic acids is 1. The summed E-state index contributed by atoms with van der Waals surface area (Å²) in [5, 5.41) is 4.11. The molecule has 18 heavy (non-hydrogen) atoms. The highest BCUT2D eigenvalue weighted by atomic mass is 79.9. The van der Waals surface area contributed by atoms with E-state index >= 15 is 0 Å². The molecule has 0 atom stereocenters. The molecule has 0 N–H and O–H groups in total. The van der Waals surface area contributed by atoms with Crippen LogP contribution in [0.4, 0.5) is 4.79 Å². The summed E-state index contributed by atoms with van der Waals surface area (Å²) in [5.74, 6) is 0. The van der Waals surface area contributed by atoms with Crippen LogP contribution >= 0.6 is 15.9 Å². The molecule has 2 rings (SSSR count). The molecule has 2 aromatic heterocycles. The third-order valence-corrected chi connectivity index (χ3v) is 2.73. The number of nitrogens with zero attached hydrogens (tertiary/aromatic N) is 3. The van der Waals surface area contributed by atoms with Gasteiger partial charge in [0, 0.05) is 5.69 Å². The molecule has 0 saturated heterocycles. The molecule has 2 heterocycles. The highest BCUT2D eigenvalue weighted by molar-refractivity contribution is 9.10. The van der Waals surface area contributed by atoms with Crippen molar-refractivity contribution in [2.45, 2.75) is 33.3 Å². The van der Waals surface area contributed by atoms with Gasteiger partial charge in [-0.15, -0.1) is 0 Å². The first-order chi connectivity index (χ1) is 8.28. The second-order valence-electron chi connectivity index (χ2n) is 5.00. The third-order valence-electron chi connectivity index (χ3n) is 2.19. The van der Waals surface area contributed by atoms with E-state index in [1.165, 1.54) is 4.68 Å². The molecule has 0 amide bonds. The third kappa shape index (κ3) is 2.53. The molecule has 0 aliphatic heterocycles. The fourth-order valence-corrected chi connectivity index (χ4v) is 1.96. The largest absolute Gasteiger partial charge is 0.442 e. The molecule has 0 aliphatic carbocycles. The summed E-state index contributed by atoms with van der Waals surface area (Å²) in [7, 11) is 0. The van der Waals surface area contributed by atoms with Gasteiger partial charge in [-0.05, 0) is 55.8 Å². The minimum atomic E-state index is -0.556. The zero-order valence-electron chi connectivity index (χ0n) is 10.7. The van der Waals surface area contributed by atoms with E-state index in [0.717, 1.165) is 5.69 Å². The summed E-state index contributed by atoms with van der Waals surface area (Å²) >= 11 is 3.30. The van der Waals surface area contributed by atoms with Gasteiger partial charge in [-0.1, -0.05) is 0 Å². The van der Waals surface area contributed by atoms with Crippen LogP contribution in [0.2, 0.25) is 0 Å². The van der Waals surface area contributed by atoms with Crippen LogP contribution in [0.1, 0.15) is 26.5 Å². The first-order valence-corrected chi connectivity index (χ1v) is 6.32. The molecule has 0 saturated carbocycles. The molecule has 0 fully saturated rings. The maximum Gasteiger partial charge on any atom is 0.435 e. The summed E-state index contributed by atoms with van der Waals surface area (Å²) in [4.78, 5) is 16.3. The fraction of sp³-hybridized carbons (Fsp3) is 0.417. The van der Waals surface area contributed by atoms with Crippen molar-refractivity contribution >= 4 is 33.1 Å². The smallest absolute Gasteiger partial charge is 0.435 e. The van der Waals surface area contributed by atoms with Gasteiger partial charge in [-0.3, -0.25) is 0 Å². The van der Waals surface area contributed by atoms with E-state index in [-0.39, 0.29) is 0 Å². The van der Waals surface area contributed by atoms with Crippen LogP contribution in [0.5, 0.6) is 0 Å². The Kier molecular flexibility index (Phi) is 3.14. The summed E-state index contributed by atoms with van der Waals surface area (Å²) < 4.78 is 7.04. The van der Waals surface area contributed by atoms with E-state index in [1.807, 2.05) is 33.8 Å². The van der Waals surface area contributed by atoms with E-state index in [1.54, 1.807) is 6.07 Å². The van der Waals surface area contributed by atoms with Crippen molar-refractivity contribution in [1.82, 2.24) is 14.8 Å². The first kappa shape index (κ1) is 13.0. The van der Waals surface area contributed by atoms with E-state index in [2.05, 4.69) is 26.0 Å². The van der Waals surface area contributed by atoms with Crippen molar-refractivity contribution in [3.8, 4) is 0 Å². The van der Waals surface area contributed by atoms with Crippen molar-refractivity contribution in [3.63, 3.8) is 0 Å². The van der Waals surface area contributed by atoms with Crippen molar-refractivity contribution in [2.24, 2.45) is 0 Å². The van der Waals surface area contributed by atoms with Gasteiger partial charge in [0.15, 0.2) is 4.60 Å².